The number of rotatable bonds is 1. The molecule has 1 heterocycles. The number of hydrogen-bond donors (Lipinski definition) is 0. The van der Waals surface area contributed by atoms with Crippen molar-refractivity contribution in [2.45, 2.75) is 34.1 Å². The summed E-state index contributed by atoms with van der Waals surface area (Å²) in [6.07, 6.45) is 0.842. The van der Waals surface area contributed by atoms with Gasteiger partial charge in [0.05, 0.1) is 0 Å². The van der Waals surface area contributed by atoms with E-state index in [4.69, 9.17) is 0 Å². The first-order valence-corrected chi connectivity index (χ1v) is 4.87. The molecule has 13 heavy (non-hydrogen) atoms. The third-order valence-electron chi connectivity index (χ3n) is 2.21. The predicted octanol–water partition coefficient (Wildman–Crippen LogP) is 1.47. The highest BCUT2D eigenvalue weighted by Gasteiger charge is 2.26. The third kappa shape index (κ3) is 3.57. The van der Waals surface area contributed by atoms with Crippen molar-refractivity contribution in [2.24, 2.45) is 5.92 Å². The van der Waals surface area contributed by atoms with Crippen molar-refractivity contribution in [1.82, 2.24) is 4.90 Å². The van der Waals surface area contributed by atoms with Crippen LogP contribution >= 0.6 is 0 Å². The Morgan fingerprint density at radius 2 is 1.77 bits per heavy atom. The molecule has 0 aliphatic carbocycles. The normalized spacial score (nSPS) is 20.6. The number of amides is 1. The van der Waals surface area contributed by atoms with E-state index in [0.29, 0.717) is 6.54 Å². The molecule has 1 aliphatic rings. The third-order valence-corrected chi connectivity index (χ3v) is 2.21. The Bertz CT molecular complexity index is 169. The van der Waals surface area contributed by atoms with Crippen LogP contribution in [0.3, 0.4) is 0 Å². The van der Waals surface area contributed by atoms with Crippen molar-refractivity contribution in [3.05, 3.63) is 0 Å². The fraction of sp³-hybridized carbons (Fsp3) is 0.800. The molecule has 1 unspecified atom stereocenters. The smallest absolute Gasteiger partial charge is 0.219 e. The maximum absolute atomic E-state index is 10.9. The molecule has 1 aliphatic heterocycles. The second-order valence-corrected chi connectivity index (χ2v) is 3.06. The van der Waals surface area contributed by atoms with E-state index < -0.39 is 0 Å². The number of likely N-dealkylation sites (tertiary alicyclic amines) is 1. The number of nitrogens with zero attached hydrogens (tertiary/aromatic N) is 1. The van der Waals surface area contributed by atoms with Gasteiger partial charge in [0.1, 0.15) is 5.78 Å². The lowest BCUT2D eigenvalue weighted by atomic mass is 10.1. The molecule has 0 aromatic rings. The molecular formula is C10H19NO2. The molecule has 0 saturated carbocycles. The summed E-state index contributed by atoms with van der Waals surface area (Å²) in [5, 5.41) is 0. The summed E-state index contributed by atoms with van der Waals surface area (Å²) in [5.74, 6) is 0.376. The average Bonchev–Trinajstić information content (AvgIpc) is 2.56. The van der Waals surface area contributed by atoms with E-state index in [1.165, 1.54) is 0 Å². The summed E-state index contributed by atoms with van der Waals surface area (Å²) < 4.78 is 0. The molecule has 0 aromatic heterocycles. The highest BCUT2D eigenvalue weighted by atomic mass is 16.2. The van der Waals surface area contributed by atoms with Gasteiger partial charge in [-0.2, -0.15) is 0 Å². The number of ketones is 1. The highest BCUT2D eigenvalue weighted by molar-refractivity contribution is 5.81. The van der Waals surface area contributed by atoms with Crippen molar-refractivity contribution in [1.29, 1.82) is 0 Å². The molecule has 0 N–H and O–H groups in total. The molecular weight excluding hydrogens is 166 g/mol. The molecule has 76 valence electrons. The molecule has 1 atom stereocenters. The Morgan fingerprint density at radius 3 is 2.00 bits per heavy atom. The minimum atomic E-state index is 0.0775. The van der Waals surface area contributed by atoms with Gasteiger partial charge in [0.15, 0.2) is 0 Å². The fourth-order valence-electron chi connectivity index (χ4n) is 1.38. The van der Waals surface area contributed by atoms with Gasteiger partial charge in [0, 0.05) is 25.9 Å². The van der Waals surface area contributed by atoms with Gasteiger partial charge in [0.2, 0.25) is 5.91 Å². The van der Waals surface area contributed by atoms with Gasteiger partial charge in [-0.1, -0.05) is 13.8 Å². The van der Waals surface area contributed by atoms with Crippen LogP contribution in [0.1, 0.15) is 34.1 Å². The van der Waals surface area contributed by atoms with Gasteiger partial charge in [-0.3, -0.25) is 9.59 Å². The Labute approximate surface area is 80.1 Å². The van der Waals surface area contributed by atoms with E-state index >= 15 is 0 Å². The van der Waals surface area contributed by atoms with Gasteiger partial charge < -0.3 is 4.90 Å². The quantitative estimate of drug-likeness (QED) is 0.620. The minimum absolute atomic E-state index is 0.0775. The van der Waals surface area contributed by atoms with Crippen LogP contribution in [-0.2, 0) is 9.59 Å². The van der Waals surface area contributed by atoms with Crippen LogP contribution in [0.15, 0.2) is 0 Å². The fourth-order valence-corrected chi connectivity index (χ4v) is 1.38. The lowest BCUT2D eigenvalue weighted by Crippen LogP contribution is -2.26. The first-order valence-electron chi connectivity index (χ1n) is 4.87. The van der Waals surface area contributed by atoms with Crippen LogP contribution in [0.4, 0.5) is 0 Å². The number of Topliss-reactive ketones (excluding diaryl/α,β-unsaturated/α-hetero) is 1. The molecule has 1 rings (SSSR count). The second kappa shape index (κ2) is 5.73. The molecule has 1 saturated heterocycles. The van der Waals surface area contributed by atoms with Crippen LogP contribution < -0.4 is 0 Å². The minimum Gasteiger partial charge on any atom is -0.342 e. The van der Waals surface area contributed by atoms with Crippen molar-refractivity contribution >= 4 is 11.7 Å². The van der Waals surface area contributed by atoms with E-state index in [1.54, 1.807) is 18.7 Å². The lowest BCUT2D eigenvalue weighted by molar-refractivity contribution is -0.128. The van der Waals surface area contributed by atoms with Crippen molar-refractivity contribution < 1.29 is 9.59 Å². The van der Waals surface area contributed by atoms with Gasteiger partial charge in [-0.15, -0.1) is 0 Å². The van der Waals surface area contributed by atoms with E-state index in [0.717, 1.165) is 13.0 Å². The first kappa shape index (κ1) is 12.1. The Morgan fingerprint density at radius 1 is 1.23 bits per heavy atom. The van der Waals surface area contributed by atoms with E-state index in [-0.39, 0.29) is 17.6 Å². The molecule has 0 aromatic carbocycles. The summed E-state index contributed by atoms with van der Waals surface area (Å²) in [4.78, 5) is 23.4. The van der Waals surface area contributed by atoms with Crippen molar-refractivity contribution in [3.63, 3.8) is 0 Å². The predicted molar refractivity (Wildman–Crippen MR) is 52.4 cm³/mol. The molecule has 1 fully saturated rings. The highest BCUT2D eigenvalue weighted by Crippen LogP contribution is 2.16. The Balaban J connectivity index is 0.000000671. The summed E-state index contributed by atoms with van der Waals surface area (Å²) >= 11 is 0. The van der Waals surface area contributed by atoms with Crippen LogP contribution in [0.5, 0.6) is 0 Å². The topological polar surface area (TPSA) is 37.4 Å². The van der Waals surface area contributed by atoms with Crippen LogP contribution in [0, 0.1) is 5.92 Å². The van der Waals surface area contributed by atoms with E-state index in [1.807, 2.05) is 13.8 Å². The summed E-state index contributed by atoms with van der Waals surface area (Å²) in [6, 6.07) is 0. The Kier molecular flexibility index (Phi) is 5.35. The van der Waals surface area contributed by atoms with E-state index in [2.05, 4.69) is 0 Å². The number of carbonyl (C=O) groups excluding carboxylic acids is 2. The molecule has 3 heteroatoms. The van der Waals surface area contributed by atoms with Crippen LogP contribution in [-0.4, -0.2) is 29.7 Å². The van der Waals surface area contributed by atoms with Gasteiger partial charge >= 0.3 is 0 Å². The number of hydrogen-bond acceptors (Lipinski definition) is 2. The number of carbonyl (C=O) groups is 2. The van der Waals surface area contributed by atoms with Crippen molar-refractivity contribution in [2.75, 3.05) is 13.1 Å². The summed E-state index contributed by atoms with van der Waals surface area (Å²) in [5.41, 5.74) is 0. The zero-order chi connectivity index (χ0) is 10.4. The zero-order valence-electron chi connectivity index (χ0n) is 8.96. The first-order chi connectivity index (χ1) is 6.11. The largest absolute Gasteiger partial charge is 0.342 e. The maximum Gasteiger partial charge on any atom is 0.219 e. The molecule has 1 amide bonds. The maximum atomic E-state index is 10.9. The second-order valence-electron chi connectivity index (χ2n) is 3.06. The monoisotopic (exact) mass is 185 g/mol. The zero-order valence-corrected chi connectivity index (χ0v) is 8.96. The molecule has 0 spiro atoms. The Hall–Kier alpha value is -0.860. The molecule has 0 bridgehead atoms. The SMILES string of the molecule is CC.CC(=O)C1CCN(C(C)=O)C1. The molecule has 3 nitrogen and oxygen atoms in total. The molecule has 0 radical (unpaired) electrons. The van der Waals surface area contributed by atoms with Gasteiger partial charge in [-0.25, -0.2) is 0 Å². The summed E-state index contributed by atoms with van der Waals surface area (Å²) in [6.45, 7) is 8.51. The standard InChI is InChI=1S/C8H13NO2.C2H6/c1-6(10)8-3-4-9(5-8)7(2)11;1-2/h8H,3-5H2,1-2H3;1-2H3. The van der Waals surface area contributed by atoms with Crippen molar-refractivity contribution in [3.8, 4) is 0 Å². The van der Waals surface area contributed by atoms with Gasteiger partial charge in [-0.05, 0) is 13.3 Å². The van der Waals surface area contributed by atoms with Crippen LogP contribution in [0.25, 0.3) is 0 Å². The average molecular weight is 185 g/mol. The summed E-state index contributed by atoms with van der Waals surface area (Å²) in [7, 11) is 0. The van der Waals surface area contributed by atoms with Gasteiger partial charge in [0.25, 0.3) is 0 Å². The lowest BCUT2D eigenvalue weighted by Gasteiger charge is -2.12. The van der Waals surface area contributed by atoms with Crippen LogP contribution in [0.2, 0.25) is 0 Å². The van der Waals surface area contributed by atoms with E-state index in [9.17, 15) is 9.59 Å².